The first kappa shape index (κ1) is 18.3. The van der Waals surface area contributed by atoms with Crippen molar-refractivity contribution in [2.75, 3.05) is 5.32 Å². The number of anilines is 1. The summed E-state index contributed by atoms with van der Waals surface area (Å²) >= 11 is 1.23. The minimum Gasteiger partial charge on any atom is -0.313 e. The Labute approximate surface area is 160 Å². The fraction of sp³-hybridized carbons (Fsp3) is 0.0500. The molecule has 7 heteroatoms. The standard InChI is InChI=1S/C20H17N3O3S/c1-13(24)22-23-19(26)17-11-12-27-20(17)21-18(25)16-9-7-15(8-10-16)14-5-3-2-4-6-14/h2-12H,1H3,(H,21,25)(H,22,24)(H,23,26). The van der Waals surface area contributed by atoms with Crippen LogP contribution < -0.4 is 16.2 Å². The zero-order chi connectivity index (χ0) is 19.2. The molecule has 6 nitrogen and oxygen atoms in total. The van der Waals surface area contributed by atoms with E-state index in [2.05, 4.69) is 16.2 Å². The summed E-state index contributed by atoms with van der Waals surface area (Å²) < 4.78 is 0. The normalized spacial score (nSPS) is 10.1. The van der Waals surface area contributed by atoms with Crippen molar-refractivity contribution in [1.82, 2.24) is 10.9 Å². The van der Waals surface area contributed by atoms with Crippen LogP contribution in [0.25, 0.3) is 11.1 Å². The van der Waals surface area contributed by atoms with E-state index >= 15 is 0 Å². The number of carbonyl (C=O) groups excluding carboxylic acids is 3. The maximum Gasteiger partial charge on any atom is 0.272 e. The van der Waals surface area contributed by atoms with Gasteiger partial charge in [-0.3, -0.25) is 25.2 Å². The van der Waals surface area contributed by atoms with Crippen molar-refractivity contribution in [1.29, 1.82) is 0 Å². The Hall–Kier alpha value is -3.45. The van der Waals surface area contributed by atoms with E-state index in [4.69, 9.17) is 0 Å². The molecule has 136 valence electrons. The van der Waals surface area contributed by atoms with Gasteiger partial charge in [0.05, 0.1) is 5.56 Å². The van der Waals surface area contributed by atoms with Gasteiger partial charge in [0.25, 0.3) is 11.8 Å². The van der Waals surface area contributed by atoms with Gasteiger partial charge in [-0.2, -0.15) is 0 Å². The van der Waals surface area contributed by atoms with Crippen LogP contribution in [0.1, 0.15) is 27.6 Å². The van der Waals surface area contributed by atoms with Gasteiger partial charge >= 0.3 is 0 Å². The van der Waals surface area contributed by atoms with Crippen molar-refractivity contribution in [3.63, 3.8) is 0 Å². The molecule has 3 rings (SSSR count). The van der Waals surface area contributed by atoms with Crippen LogP contribution in [-0.2, 0) is 4.79 Å². The number of hydrazine groups is 1. The molecule has 27 heavy (non-hydrogen) atoms. The van der Waals surface area contributed by atoms with E-state index in [1.807, 2.05) is 42.5 Å². The maximum absolute atomic E-state index is 12.5. The van der Waals surface area contributed by atoms with Crippen LogP contribution in [-0.4, -0.2) is 17.7 Å². The fourth-order valence-electron chi connectivity index (χ4n) is 2.42. The number of nitrogens with one attached hydrogen (secondary N) is 3. The number of thiophene rings is 1. The van der Waals surface area contributed by atoms with Crippen LogP contribution in [0.4, 0.5) is 5.00 Å². The molecule has 0 aliphatic carbocycles. The topological polar surface area (TPSA) is 87.3 Å². The minimum atomic E-state index is -0.499. The van der Waals surface area contributed by atoms with Gasteiger partial charge in [0.15, 0.2) is 0 Å². The molecule has 3 aromatic rings. The molecule has 0 saturated carbocycles. The third-order valence-electron chi connectivity index (χ3n) is 3.74. The maximum atomic E-state index is 12.5. The number of hydrogen-bond donors (Lipinski definition) is 3. The van der Waals surface area contributed by atoms with Gasteiger partial charge in [-0.15, -0.1) is 11.3 Å². The highest BCUT2D eigenvalue weighted by atomic mass is 32.1. The predicted octanol–water partition coefficient (Wildman–Crippen LogP) is 3.45. The summed E-state index contributed by atoms with van der Waals surface area (Å²) in [5.74, 6) is -1.20. The van der Waals surface area contributed by atoms with E-state index in [0.29, 0.717) is 10.6 Å². The lowest BCUT2D eigenvalue weighted by molar-refractivity contribution is -0.119. The first-order chi connectivity index (χ1) is 13.0. The molecule has 0 aliphatic rings. The number of hydrogen-bond acceptors (Lipinski definition) is 4. The molecule has 2 aromatic carbocycles. The summed E-state index contributed by atoms with van der Waals surface area (Å²) in [6.07, 6.45) is 0. The van der Waals surface area contributed by atoms with Crippen LogP contribution >= 0.6 is 11.3 Å². The first-order valence-electron chi connectivity index (χ1n) is 8.16. The molecule has 0 bridgehead atoms. The summed E-state index contributed by atoms with van der Waals surface area (Å²) in [6.45, 7) is 1.29. The van der Waals surface area contributed by atoms with Gasteiger partial charge in [-0.05, 0) is 34.7 Å². The van der Waals surface area contributed by atoms with Crippen molar-refractivity contribution < 1.29 is 14.4 Å². The quantitative estimate of drug-likeness (QED) is 0.607. The second-order valence-corrected chi connectivity index (χ2v) is 6.61. The highest BCUT2D eigenvalue weighted by Crippen LogP contribution is 2.24. The molecule has 0 atom stereocenters. The summed E-state index contributed by atoms with van der Waals surface area (Å²) in [4.78, 5) is 35.5. The number of amides is 3. The van der Waals surface area contributed by atoms with E-state index in [1.165, 1.54) is 18.3 Å². The average molecular weight is 379 g/mol. The molecule has 3 N–H and O–H groups in total. The van der Waals surface area contributed by atoms with Crippen molar-refractivity contribution in [3.8, 4) is 11.1 Å². The molecule has 3 amide bonds. The largest absolute Gasteiger partial charge is 0.313 e. The first-order valence-corrected chi connectivity index (χ1v) is 9.04. The van der Waals surface area contributed by atoms with Gasteiger partial charge in [0.2, 0.25) is 5.91 Å². The van der Waals surface area contributed by atoms with Crippen LogP contribution in [0.5, 0.6) is 0 Å². The predicted molar refractivity (Wildman–Crippen MR) is 105 cm³/mol. The second kappa shape index (κ2) is 8.29. The summed E-state index contributed by atoms with van der Waals surface area (Å²) in [6, 6.07) is 18.7. The lowest BCUT2D eigenvalue weighted by atomic mass is 10.0. The lowest BCUT2D eigenvalue weighted by Crippen LogP contribution is -2.40. The molecule has 0 unspecified atom stereocenters. The zero-order valence-electron chi connectivity index (χ0n) is 14.5. The van der Waals surface area contributed by atoms with Gasteiger partial charge < -0.3 is 5.32 Å². The van der Waals surface area contributed by atoms with Gasteiger partial charge in [0.1, 0.15) is 5.00 Å². The molecular formula is C20H17N3O3S. The van der Waals surface area contributed by atoms with Gasteiger partial charge in [-0.1, -0.05) is 42.5 Å². The summed E-state index contributed by atoms with van der Waals surface area (Å²) in [5, 5.41) is 4.84. The van der Waals surface area contributed by atoms with Crippen molar-refractivity contribution in [2.24, 2.45) is 0 Å². The van der Waals surface area contributed by atoms with Gasteiger partial charge in [0, 0.05) is 12.5 Å². The van der Waals surface area contributed by atoms with E-state index in [1.54, 1.807) is 23.6 Å². The van der Waals surface area contributed by atoms with E-state index in [9.17, 15) is 14.4 Å². The Balaban J connectivity index is 1.70. The SMILES string of the molecule is CC(=O)NNC(=O)c1ccsc1NC(=O)c1ccc(-c2ccccc2)cc1. The van der Waals surface area contributed by atoms with Crippen LogP contribution in [0.15, 0.2) is 66.0 Å². The molecule has 1 heterocycles. The summed E-state index contributed by atoms with van der Waals surface area (Å²) in [7, 11) is 0. The fourth-order valence-corrected chi connectivity index (χ4v) is 3.20. The smallest absolute Gasteiger partial charge is 0.272 e. The molecule has 0 fully saturated rings. The Morgan fingerprint density at radius 3 is 2.11 bits per heavy atom. The van der Waals surface area contributed by atoms with E-state index in [-0.39, 0.29) is 17.4 Å². The Kier molecular flexibility index (Phi) is 5.63. The molecule has 0 saturated heterocycles. The van der Waals surface area contributed by atoms with E-state index < -0.39 is 5.91 Å². The van der Waals surface area contributed by atoms with Crippen molar-refractivity contribution >= 4 is 34.1 Å². The third-order valence-corrected chi connectivity index (χ3v) is 4.57. The van der Waals surface area contributed by atoms with Crippen molar-refractivity contribution in [2.45, 2.75) is 6.92 Å². The molecule has 0 aliphatic heterocycles. The Morgan fingerprint density at radius 2 is 1.44 bits per heavy atom. The number of rotatable bonds is 4. The van der Waals surface area contributed by atoms with Crippen LogP contribution in [0.3, 0.4) is 0 Å². The molecule has 1 aromatic heterocycles. The average Bonchev–Trinajstić information content (AvgIpc) is 3.15. The molecule has 0 spiro atoms. The summed E-state index contributed by atoms with van der Waals surface area (Å²) in [5.41, 5.74) is 7.35. The van der Waals surface area contributed by atoms with Crippen molar-refractivity contribution in [3.05, 3.63) is 77.2 Å². The Morgan fingerprint density at radius 1 is 0.778 bits per heavy atom. The van der Waals surface area contributed by atoms with E-state index in [0.717, 1.165) is 11.1 Å². The molecule has 0 radical (unpaired) electrons. The minimum absolute atomic E-state index is 0.281. The Bertz CT molecular complexity index is 966. The van der Waals surface area contributed by atoms with Crippen LogP contribution in [0, 0.1) is 0 Å². The zero-order valence-corrected chi connectivity index (χ0v) is 15.3. The highest BCUT2D eigenvalue weighted by molar-refractivity contribution is 7.14. The highest BCUT2D eigenvalue weighted by Gasteiger charge is 2.16. The number of benzene rings is 2. The molecular weight excluding hydrogens is 362 g/mol. The number of carbonyl (C=O) groups is 3. The van der Waals surface area contributed by atoms with Crippen LogP contribution in [0.2, 0.25) is 0 Å². The second-order valence-electron chi connectivity index (χ2n) is 5.70. The van der Waals surface area contributed by atoms with Gasteiger partial charge in [-0.25, -0.2) is 0 Å². The lowest BCUT2D eigenvalue weighted by Gasteiger charge is -2.08. The third kappa shape index (κ3) is 4.59. The monoisotopic (exact) mass is 379 g/mol.